The number of rotatable bonds is 0. The fourth-order valence-corrected chi connectivity index (χ4v) is 1.12. The molecule has 0 aliphatic carbocycles. The van der Waals surface area contributed by atoms with Gasteiger partial charge < -0.3 is 10.1 Å². The summed E-state index contributed by atoms with van der Waals surface area (Å²) in [6.45, 7) is 7.67. The van der Waals surface area contributed by atoms with Crippen LogP contribution in [0.3, 0.4) is 0 Å². The van der Waals surface area contributed by atoms with Gasteiger partial charge in [-0.25, -0.2) is 0 Å². The monoisotopic (exact) mass is 157 g/mol. The molecule has 1 aliphatic rings. The van der Waals surface area contributed by atoms with Crippen molar-refractivity contribution in [3.8, 4) is 0 Å². The van der Waals surface area contributed by atoms with Crippen molar-refractivity contribution in [2.24, 2.45) is 0 Å². The maximum absolute atomic E-state index is 11.1. The summed E-state index contributed by atoms with van der Waals surface area (Å²) < 4.78 is 5.49. The lowest BCUT2D eigenvalue weighted by molar-refractivity contribution is -0.160. The summed E-state index contributed by atoms with van der Waals surface area (Å²) in [5, 5.41) is 2.86. The molecule has 0 bridgehead atoms. The zero-order chi connectivity index (χ0) is 8.65. The summed E-state index contributed by atoms with van der Waals surface area (Å²) in [6, 6.07) is 0.0891. The van der Waals surface area contributed by atoms with E-state index in [4.69, 9.17) is 4.74 Å². The summed E-state index contributed by atoms with van der Waals surface area (Å²) >= 11 is 0. The van der Waals surface area contributed by atoms with Gasteiger partial charge in [0.15, 0.2) is 0 Å². The summed E-state index contributed by atoms with van der Waals surface area (Å²) in [5.74, 6) is -0.0168. The number of hydrogen-bond acceptors (Lipinski definition) is 2. The van der Waals surface area contributed by atoms with Gasteiger partial charge in [-0.2, -0.15) is 0 Å². The van der Waals surface area contributed by atoms with E-state index in [0.29, 0.717) is 0 Å². The van der Waals surface area contributed by atoms with Gasteiger partial charge in [0, 0.05) is 0 Å². The van der Waals surface area contributed by atoms with Crippen molar-refractivity contribution < 1.29 is 9.53 Å². The topological polar surface area (TPSA) is 38.3 Å². The number of morpholine rings is 1. The number of amides is 1. The van der Waals surface area contributed by atoms with E-state index in [1.807, 2.05) is 20.8 Å². The van der Waals surface area contributed by atoms with E-state index in [9.17, 15) is 4.79 Å². The van der Waals surface area contributed by atoms with Gasteiger partial charge in [-0.15, -0.1) is 0 Å². The lowest BCUT2D eigenvalue weighted by atomic mass is 9.97. The summed E-state index contributed by atoms with van der Waals surface area (Å²) in [5.41, 5.74) is -0.243. The van der Waals surface area contributed by atoms with E-state index in [2.05, 4.69) is 5.32 Å². The Balaban J connectivity index is 2.70. The van der Waals surface area contributed by atoms with Gasteiger partial charge in [0.2, 0.25) is 5.91 Å². The minimum absolute atomic E-state index is 0.0168. The van der Waals surface area contributed by atoms with Gasteiger partial charge in [-0.05, 0) is 27.7 Å². The molecule has 1 rings (SSSR count). The maximum atomic E-state index is 11.1. The molecular formula is C8H15NO2. The predicted molar refractivity (Wildman–Crippen MR) is 42.2 cm³/mol. The van der Waals surface area contributed by atoms with E-state index < -0.39 is 0 Å². The Morgan fingerprint density at radius 1 is 1.45 bits per heavy atom. The van der Waals surface area contributed by atoms with Gasteiger partial charge in [-0.1, -0.05) is 0 Å². The van der Waals surface area contributed by atoms with Crippen LogP contribution in [-0.4, -0.2) is 23.7 Å². The van der Waals surface area contributed by atoms with Gasteiger partial charge in [-0.3, -0.25) is 4.79 Å². The van der Waals surface area contributed by atoms with E-state index in [1.165, 1.54) is 0 Å². The summed E-state index contributed by atoms with van der Waals surface area (Å²) in [6.07, 6.45) is -0.318. The van der Waals surface area contributed by atoms with E-state index in [-0.39, 0.29) is 23.7 Å². The van der Waals surface area contributed by atoms with Crippen molar-refractivity contribution in [1.29, 1.82) is 0 Å². The van der Waals surface area contributed by atoms with E-state index in [1.54, 1.807) is 6.92 Å². The third kappa shape index (κ3) is 1.53. The standard InChI is InChI=1S/C8H15NO2/c1-5-7(10)9-6(2)8(3,4)11-5/h5-6H,1-4H3,(H,9,10). The van der Waals surface area contributed by atoms with Crippen molar-refractivity contribution in [3.63, 3.8) is 0 Å². The zero-order valence-corrected chi connectivity index (χ0v) is 7.47. The molecule has 0 saturated carbocycles. The van der Waals surface area contributed by atoms with Gasteiger partial charge in [0.1, 0.15) is 6.10 Å². The molecule has 1 fully saturated rings. The van der Waals surface area contributed by atoms with Crippen LogP contribution in [-0.2, 0) is 9.53 Å². The maximum Gasteiger partial charge on any atom is 0.249 e. The molecule has 0 aromatic carbocycles. The van der Waals surface area contributed by atoms with E-state index in [0.717, 1.165) is 0 Å². The molecule has 11 heavy (non-hydrogen) atoms. The smallest absolute Gasteiger partial charge is 0.249 e. The van der Waals surface area contributed by atoms with Crippen LogP contribution < -0.4 is 5.32 Å². The second kappa shape index (κ2) is 2.48. The molecule has 1 N–H and O–H groups in total. The van der Waals surface area contributed by atoms with Crippen LogP contribution in [0.2, 0.25) is 0 Å². The zero-order valence-electron chi connectivity index (χ0n) is 7.47. The SMILES string of the molecule is CC1OC(C)(C)C(C)NC1=O. The van der Waals surface area contributed by atoms with Crippen molar-refractivity contribution in [1.82, 2.24) is 5.32 Å². The van der Waals surface area contributed by atoms with Crippen LogP contribution in [0.25, 0.3) is 0 Å². The molecule has 3 nitrogen and oxygen atoms in total. The number of carbonyl (C=O) groups is 1. The van der Waals surface area contributed by atoms with Crippen LogP contribution in [0, 0.1) is 0 Å². The first-order valence-electron chi connectivity index (χ1n) is 3.91. The van der Waals surface area contributed by atoms with Gasteiger partial charge in [0.05, 0.1) is 11.6 Å². The molecule has 1 saturated heterocycles. The number of carbonyl (C=O) groups excluding carboxylic acids is 1. The number of ether oxygens (including phenoxy) is 1. The van der Waals surface area contributed by atoms with Crippen molar-refractivity contribution in [2.45, 2.75) is 45.4 Å². The largest absolute Gasteiger partial charge is 0.361 e. The Morgan fingerprint density at radius 3 is 2.45 bits per heavy atom. The highest BCUT2D eigenvalue weighted by molar-refractivity contribution is 5.81. The van der Waals surface area contributed by atoms with Crippen LogP contribution >= 0.6 is 0 Å². The first-order valence-corrected chi connectivity index (χ1v) is 3.91. The molecule has 0 aromatic rings. The van der Waals surface area contributed by atoms with Gasteiger partial charge in [0.25, 0.3) is 0 Å². The minimum Gasteiger partial charge on any atom is -0.361 e. The fourth-order valence-electron chi connectivity index (χ4n) is 1.12. The third-order valence-electron chi connectivity index (χ3n) is 2.25. The molecule has 1 aliphatic heterocycles. The number of nitrogens with one attached hydrogen (secondary N) is 1. The first kappa shape index (κ1) is 8.53. The Labute approximate surface area is 67.1 Å². The molecular weight excluding hydrogens is 142 g/mol. The normalized spacial score (nSPS) is 36.5. The molecule has 1 heterocycles. The molecule has 2 atom stereocenters. The predicted octanol–water partition coefficient (Wildman–Crippen LogP) is 0.688. The van der Waals surface area contributed by atoms with Crippen LogP contribution in [0.4, 0.5) is 0 Å². The van der Waals surface area contributed by atoms with Crippen LogP contribution in [0.15, 0.2) is 0 Å². The summed E-state index contributed by atoms with van der Waals surface area (Å²) in [4.78, 5) is 11.1. The Hall–Kier alpha value is -0.570. The molecule has 0 radical (unpaired) electrons. The molecule has 64 valence electrons. The third-order valence-corrected chi connectivity index (χ3v) is 2.25. The first-order chi connectivity index (χ1) is 4.93. The fraction of sp³-hybridized carbons (Fsp3) is 0.875. The molecule has 3 heteroatoms. The Bertz CT molecular complexity index is 177. The highest BCUT2D eigenvalue weighted by Crippen LogP contribution is 2.21. The quantitative estimate of drug-likeness (QED) is 0.561. The number of hydrogen-bond donors (Lipinski definition) is 1. The average molecular weight is 157 g/mol. The van der Waals surface area contributed by atoms with Gasteiger partial charge >= 0.3 is 0 Å². The highest BCUT2D eigenvalue weighted by atomic mass is 16.5. The highest BCUT2D eigenvalue weighted by Gasteiger charge is 2.37. The Kier molecular flexibility index (Phi) is 1.92. The van der Waals surface area contributed by atoms with Crippen molar-refractivity contribution >= 4 is 5.91 Å². The second-order valence-corrected chi connectivity index (χ2v) is 3.59. The molecule has 2 unspecified atom stereocenters. The molecule has 0 spiro atoms. The van der Waals surface area contributed by atoms with E-state index >= 15 is 0 Å². The van der Waals surface area contributed by atoms with Crippen molar-refractivity contribution in [3.05, 3.63) is 0 Å². The van der Waals surface area contributed by atoms with Crippen LogP contribution in [0.5, 0.6) is 0 Å². The summed E-state index contributed by atoms with van der Waals surface area (Å²) in [7, 11) is 0. The Morgan fingerprint density at radius 2 is 2.00 bits per heavy atom. The van der Waals surface area contributed by atoms with Crippen molar-refractivity contribution in [2.75, 3.05) is 0 Å². The minimum atomic E-state index is -0.318. The lowest BCUT2D eigenvalue weighted by Gasteiger charge is -2.39. The average Bonchev–Trinajstić information content (AvgIpc) is 1.83. The molecule has 0 aromatic heterocycles. The second-order valence-electron chi connectivity index (χ2n) is 3.59. The molecule has 1 amide bonds. The van der Waals surface area contributed by atoms with Crippen LogP contribution in [0.1, 0.15) is 27.7 Å². The lowest BCUT2D eigenvalue weighted by Crippen LogP contribution is -2.59.